The van der Waals surface area contributed by atoms with Crippen LogP contribution in [0, 0.1) is 0 Å². The Bertz CT molecular complexity index is 1050. The molecule has 3 rings (SSSR count). The van der Waals surface area contributed by atoms with Crippen LogP contribution in [0.2, 0.25) is 0 Å². The molecule has 5 N–H and O–H groups in total. The van der Waals surface area contributed by atoms with Gasteiger partial charge in [-0.05, 0) is 42.2 Å². The van der Waals surface area contributed by atoms with Crippen molar-refractivity contribution >= 4 is 17.5 Å². The van der Waals surface area contributed by atoms with E-state index in [0.717, 1.165) is 28.9 Å². The van der Waals surface area contributed by atoms with Gasteiger partial charge in [0.15, 0.2) is 0 Å². The summed E-state index contributed by atoms with van der Waals surface area (Å²) in [6.07, 6.45) is 6.96. The minimum absolute atomic E-state index is 0.233. The predicted octanol–water partition coefficient (Wildman–Crippen LogP) is 5.03. The zero-order chi connectivity index (χ0) is 21.3. The quantitative estimate of drug-likeness (QED) is 0.464. The van der Waals surface area contributed by atoms with Gasteiger partial charge in [0.05, 0.1) is 5.69 Å². The molecule has 0 aliphatic carbocycles. The van der Waals surface area contributed by atoms with Crippen LogP contribution in [0.25, 0.3) is 11.3 Å². The molecule has 0 atom stereocenters. The highest BCUT2D eigenvalue weighted by Crippen LogP contribution is 2.23. The van der Waals surface area contributed by atoms with Gasteiger partial charge in [0.25, 0.3) is 0 Å². The molecule has 0 amide bonds. The normalized spacial score (nSPS) is 11.6. The first-order chi connectivity index (χ1) is 14.6. The van der Waals surface area contributed by atoms with E-state index >= 15 is 0 Å². The average molecular weight is 398 g/mol. The minimum atomic E-state index is 0.233. The van der Waals surface area contributed by atoms with Crippen molar-refractivity contribution in [3.63, 3.8) is 0 Å². The molecule has 0 fully saturated rings. The first-order valence-corrected chi connectivity index (χ1v) is 9.84. The molecule has 3 aromatic rings. The highest BCUT2D eigenvalue weighted by Gasteiger charge is 2.06. The number of rotatable bonds is 8. The average Bonchev–Trinajstić information content (AvgIpc) is 2.75. The van der Waals surface area contributed by atoms with Gasteiger partial charge in [-0.25, -0.2) is 4.98 Å². The van der Waals surface area contributed by atoms with Crippen molar-refractivity contribution in [2.24, 2.45) is 5.73 Å². The van der Waals surface area contributed by atoms with E-state index in [1.165, 1.54) is 11.1 Å². The number of nitrogens with two attached hydrogens (primary N) is 2. The van der Waals surface area contributed by atoms with Gasteiger partial charge in [0, 0.05) is 23.9 Å². The molecular weight excluding hydrogens is 370 g/mol. The third-order valence-corrected chi connectivity index (χ3v) is 4.48. The molecule has 0 saturated heterocycles. The Hall–Kier alpha value is -3.70. The second kappa shape index (κ2) is 10.2. The lowest BCUT2D eigenvalue weighted by Crippen LogP contribution is -2.02. The Balaban J connectivity index is 1.75. The largest absolute Gasteiger partial charge is 0.368 e. The lowest BCUT2D eigenvalue weighted by molar-refractivity contribution is 1.15. The molecule has 0 aliphatic rings. The van der Waals surface area contributed by atoms with Gasteiger partial charge >= 0.3 is 0 Å². The predicted molar refractivity (Wildman–Crippen MR) is 126 cm³/mol. The van der Waals surface area contributed by atoms with E-state index in [0.29, 0.717) is 12.4 Å². The third kappa shape index (κ3) is 5.90. The molecule has 0 spiro atoms. The number of nitrogen functional groups attached to an aromatic ring is 1. The number of hydrogen-bond donors (Lipinski definition) is 3. The number of benzene rings is 2. The molecule has 1 aromatic heterocycles. The number of hydrogen-bond acceptors (Lipinski definition) is 5. The van der Waals surface area contributed by atoms with Gasteiger partial charge < -0.3 is 16.8 Å². The van der Waals surface area contributed by atoms with E-state index in [2.05, 4.69) is 40.1 Å². The minimum Gasteiger partial charge on any atom is -0.368 e. The van der Waals surface area contributed by atoms with Gasteiger partial charge in [-0.1, -0.05) is 67.3 Å². The fourth-order valence-corrected chi connectivity index (χ4v) is 3.07. The Morgan fingerprint density at radius 2 is 1.80 bits per heavy atom. The van der Waals surface area contributed by atoms with Gasteiger partial charge in [-0.15, -0.1) is 0 Å². The maximum absolute atomic E-state index is 5.92. The van der Waals surface area contributed by atoms with Crippen LogP contribution in [0.15, 0.2) is 96.6 Å². The number of nitrogens with one attached hydrogen (secondary N) is 1. The zero-order valence-corrected chi connectivity index (χ0v) is 17.2. The summed E-state index contributed by atoms with van der Waals surface area (Å²) in [7, 11) is 0. The molecule has 2 aromatic carbocycles. The van der Waals surface area contributed by atoms with E-state index in [4.69, 9.17) is 11.5 Å². The second-order valence-electron chi connectivity index (χ2n) is 6.94. The first kappa shape index (κ1) is 21.0. The Morgan fingerprint density at radius 1 is 1.07 bits per heavy atom. The van der Waals surface area contributed by atoms with Crippen LogP contribution >= 0.6 is 0 Å². The molecule has 0 saturated carbocycles. The summed E-state index contributed by atoms with van der Waals surface area (Å²) < 4.78 is 0. The summed E-state index contributed by atoms with van der Waals surface area (Å²) in [5, 5.41) is 3.31. The lowest BCUT2D eigenvalue weighted by Gasteiger charge is -2.10. The van der Waals surface area contributed by atoms with Crippen molar-refractivity contribution in [1.82, 2.24) is 9.97 Å². The monoisotopic (exact) mass is 397 g/mol. The fraction of sp³-hybridized carbons (Fsp3) is 0.120. The van der Waals surface area contributed by atoms with Gasteiger partial charge in [-0.2, -0.15) is 4.98 Å². The fourth-order valence-electron chi connectivity index (χ4n) is 3.07. The number of anilines is 3. The van der Waals surface area contributed by atoms with E-state index in [1.54, 1.807) is 0 Å². The SMILES string of the molecule is C=C(/C=C(\C=C/C)Cc1ccc(Nc2cc(-c3ccccc3)nc(N)n2)cc1)CN. The molecule has 30 heavy (non-hydrogen) atoms. The summed E-state index contributed by atoms with van der Waals surface area (Å²) in [4.78, 5) is 8.65. The maximum atomic E-state index is 5.92. The van der Waals surface area contributed by atoms with Crippen molar-refractivity contribution in [1.29, 1.82) is 0 Å². The number of nitrogens with zero attached hydrogens (tertiary/aromatic N) is 2. The first-order valence-electron chi connectivity index (χ1n) is 9.84. The van der Waals surface area contributed by atoms with E-state index in [9.17, 15) is 0 Å². The van der Waals surface area contributed by atoms with Crippen molar-refractivity contribution in [2.75, 3.05) is 17.6 Å². The lowest BCUT2D eigenvalue weighted by atomic mass is 10.0. The molecule has 0 radical (unpaired) electrons. The van der Waals surface area contributed by atoms with Crippen LogP contribution in [-0.2, 0) is 6.42 Å². The Morgan fingerprint density at radius 3 is 2.47 bits per heavy atom. The highest BCUT2D eigenvalue weighted by atomic mass is 15.1. The van der Waals surface area contributed by atoms with E-state index in [-0.39, 0.29) is 5.95 Å². The van der Waals surface area contributed by atoms with Crippen molar-refractivity contribution in [2.45, 2.75) is 13.3 Å². The molecule has 0 aliphatic heterocycles. The van der Waals surface area contributed by atoms with E-state index in [1.807, 2.05) is 67.6 Å². The molecule has 152 valence electrons. The molecule has 5 heteroatoms. The summed E-state index contributed by atoms with van der Waals surface area (Å²) >= 11 is 0. The summed E-state index contributed by atoms with van der Waals surface area (Å²) in [5.74, 6) is 0.889. The van der Waals surface area contributed by atoms with Crippen molar-refractivity contribution < 1.29 is 0 Å². The topological polar surface area (TPSA) is 89.8 Å². The standard InChI is InChI=1S/C25H27N5/c1-3-7-20(14-18(2)17-26)15-19-10-12-22(13-11-19)28-24-16-23(29-25(27)30-24)21-8-5-4-6-9-21/h3-14,16H,2,15,17,26H2,1H3,(H3,27,28,29,30)/b7-3-,20-14+. The molecular formula is C25H27N5. The smallest absolute Gasteiger partial charge is 0.222 e. The highest BCUT2D eigenvalue weighted by molar-refractivity contribution is 5.67. The van der Waals surface area contributed by atoms with Crippen LogP contribution < -0.4 is 16.8 Å². The van der Waals surface area contributed by atoms with Gasteiger partial charge in [0.2, 0.25) is 5.95 Å². The maximum Gasteiger partial charge on any atom is 0.222 e. The van der Waals surface area contributed by atoms with E-state index < -0.39 is 0 Å². The van der Waals surface area contributed by atoms with Gasteiger partial charge in [-0.3, -0.25) is 0 Å². The number of aromatic nitrogens is 2. The molecule has 0 unspecified atom stereocenters. The van der Waals surface area contributed by atoms with Crippen LogP contribution in [0.1, 0.15) is 12.5 Å². The summed E-state index contributed by atoms with van der Waals surface area (Å²) in [6, 6.07) is 20.0. The zero-order valence-electron chi connectivity index (χ0n) is 17.2. The molecule has 5 nitrogen and oxygen atoms in total. The Labute approximate surface area is 177 Å². The summed E-state index contributed by atoms with van der Waals surface area (Å²) in [5.41, 5.74) is 17.6. The Kier molecular flexibility index (Phi) is 7.14. The van der Waals surface area contributed by atoms with Crippen molar-refractivity contribution in [3.05, 3.63) is 102 Å². The van der Waals surface area contributed by atoms with Crippen LogP contribution in [0.3, 0.4) is 0 Å². The second-order valence-corrected chi connectivity index (χ2v) is 6.94. The summed E-state index contributed by atoms with van der Waals surface area (Å²) in [6.45, 7) is 6.42. The van der Waals surface area contributed by atoms with Crippen LogP contribution in [-0.4, -0.2) is 16.5 Å². The van der Waals surface area contributed by atoms with Crippen molar-refractivity contribution in [3.8, 4) is 11.3 Å². The molecule has 0 bridgehead atoms. The number of allylic oxidation sites excluding steroid dienone is 3. The molecule has 1 heterocycles. The van der Waals surface area contributed by atoms with Crippen LogP contribution in [0.5, 0.6) is 0 Å². The van der Waals surface area contributed by atoms with Crippen LogP contribution in [0.4, 0.5) is 17.5 Å². The third-order valence-electron chi connectivity index (χ3n) is 4.48. The van der Waals surface area contributed by atoms with Gasteiger partial charge in [0.1, 0.15) is 5.82 Å².